The van der Waals surface area contributed by atoms with Crippen LogP contribution in [-0.4, -0.2) is 35.6 Å². The molecule has 0 aliphatic heterocycles. The third-order valence-corrected chi connectivity index (χ3v) is 6.49. The van der Waals surface area contributed by atoms with Gasteiger partial charge in [-0.25, -0.2) is 0 Å². The van der Waals surface area contributed by atoms with Gasteiger partial charge in [0.05, 0.1) is 5.75 Å². The van der Waals surface area contributed by atoms with E-state index in [1.54, 1.807) is 11.9 Å². The smallest absolute Gasteiger partial charge is 0.242 e. The van der Waals surface area contributed by atoms with Crippen LogP contribution in [-0.2, 0) is 28.3 Å². The molecule has 0 aromatic heterocycles. The van der Waals surface area contributed by atoms with Gasteiger partial charge in [0.2, 0.25) is 11.8 Å². The number of likely N-dealkylation sites (N-methyl/N-ethyl adjacent to an activating group) is 1. The van der Waals surface area contributed by atoms with Crippen molar-refractivity contribution in [2.45, 2.75) is 24.8 Å². The number of hydrogen-bond donors (Lipinski definition) is 1. The summed E-state index contributed by atoms with van der Waals surface area (Å²) in [6.07, 6.45) is 0.453. The summed E-state index contributed by atoms with van der Waals surface area (Å²) >= 11 is 7.75. The van der Waals surface area contributed by atoms with E-state index in [0.717, 1.165) is 16.7 Å². The first kappa shape index (κ1) is 23.9. The standard InChI is InChI=1S/C26H27ClN2O2S/c1-28-26(31)24(16-20-10-4-2-5-11-20)29(17-21-12-6-3-7-13-21)25(30)19-32-18-22-14-8-9-15-23(22)27/h2-15,24H,16-19H2,1H3,(H,28,31). The Morgan fingerprint density at radius 1 is 0.906 bits per heavy atom. The molecule has 0 aliphatic carbocycles. The molecule has 1 unspecified atom stereocenters. The zero-order valence-corrected chi connectivity index (χ0v) is 19.6. The normalized spacial score (nSPS) is 11.6. The number of nitrogens with one attached hydrogen (secondary N) is 1. The Balaban J connectivity index is 1.79. The zero-order valence-electron chi connectivity index (χ0n) is 18.0. The first-order valence-corrected chi connectivity index (χ1v) is 12.0. The average Bonchev–Trinajstić information content (AvgIpc) is 2.83. The van der Waals surface area contributed by atoms with Crippen LogP contribution >= 0.6 is 23.4 Å². The third kappa shape index (κ3) is 6.87. The summed E-state index contributed by atoms with van der Waals surface area (Å²) in [6, 6.07) is 26.6. The summed E-state index contributed by atoms with van der Waals surface area (Å²) in [4.78, 5) is 27.9. The highest BCUT2D eigenvalue weighted by molar-refractivity contribution is 7.99. The molecule has 2 amide bonds. The first-order chi connectivity index (χ1) is 15.6. The number of nitrogens with zero attached hydrogens (tertiary/aromatic N) is 1. The fourth-order valence-electron chi connectivity index (χ4n) is 3.45. The van der Waals surface area contributed by atoms with Crippen LogP contribution in [0.4, 0.5) is 0 Å². The van der Waals surface area contributed by atoms with Crippen molar-refractivity contribution in [3.8, 4) is 0 Å². The number of amides is 2. The Kier molecular flexibility index (Phi) is 9.20. The zero-order chi connectivity index (χ0) is 22.8. The van der Waals surface area contributed by atoms with Gasteiger partial charge < -0.3 is 10.2 Å². The SMILES string of the molecule is CNC(=O)C(Cc1ccccc1)N(Cc1ccccc1)C(=O)CSCc1ccccc1Cl. The highest BCUT2D eigenvalue weighted by atomic mass is 35.5. The van der Waals surface area contributed by atoms with E-state index in [0.29, 0.717) is 23.7 Å². The molecular formula is C26H27ClN2O2S. The molecule has 6 heteroatoms. The van der Waals surface area contributed by atoms with Crippen LogP contribution in [0.1, 0.15) is 16.7 Å². The van der Waals surface area contributed by atoms with Gasteiger partial charge in [0.15, 0.2) is 0 Å². The molecule has 0 radical (unpaired) electrons. The number of rotatable bonds is 10. The molecule has 32 heavy (non-hydrogen) atoms. The second-order valence-electron chi connectivity index (χ2n) is 7.41. The minimum Gasteiger partial charge on any atom is -0.357 e. The van der Waals surface area contributed by atoms with Crippen LogP contribution in [0.5, 0.6) is 0 Å². The Hall–Kier alpha value is -2.76. The van der Waals surface area contributed by atoms with E-state index in [1.807, 2.05) is 84.9 Å². The van der Waals surface area contributed by atoms with E-state index < -0.39 is 6.04 Å². The van der Waals surface area contributed by atoms with Gasteiger partial charge >= 0.3 is 0 Å². The van der Waals surface area contributed by atoms with Crippen molar-refractivity contribution in [3.63, 3.8) is 0 Å². The fourth-order valence-corrected chi connectivity index (χ4v) is 4.64. The number of benzene rings is 3. The van der Waals surface area contributed by atoms with Crippen molar-refractivity contribution in [2.24, 2.45) is 0 Å². The van der Waals surface area contributed by atoms with Crippen LogP contribution in [0.15, 0.2) is 84.9 Å². The highest BCUT2D eigenvalue weighted by Gasteiger charge is 2.29. The molecule has 3 rings (SSSR count). The van der Waals surface area contributed by atoms with Crippen LogP contribution in [0.25, 0.3) is 0 Å². The van der Waals surface area contributed by atoms with E-state index >= 15 is 0 Å². The lowest BCUT2D eigenvalue weighted by atomic mass is 10.0. The molecule has 0 aliphatic rings. The van der Waals surface area contributed by atoms with Gasteiger partial charge in [-0.1, -0.05) is 90.5 Å². The predicted molar refractivity (Wildman–Crippen MR) is 133 cm³/mol. The maximum Gasteiger partial charge on any atom is 0.242 e. The second kappa shape index (κ2) is 12.3. The predicted octanol–water partition coefficient (Wildman–Crippen LogP) is 4.96. The minimum atomic E-state index is -0.601. The van der Waals surface area contributed by atoms with Crippen molar-refractivity contribution in [2.75, 3.05) is 12.8 Å². The molecule has 0 saturated heterocycles. The summed E-state index contributed by atoms with van der Waals surface area (Å²) in [6.45, 7) is 0.372. The Morgan fingerprint density at radius 2 is 1.50 bits per heavy atom. The molecule has 3 aromatic carbocycles. The van der Waals surface area contributed by atoms with Gasteiger partial charge in [-0.05, 0) is 22.8 Å². The average molecular weight is 467 g/mol. The van der Waals surface area contributed by atoms with E-state index in [9.17, 15) is 9.59 Å². The highest BCUT2D eigenvalue weighted by Crippen LogP contribution is 2.22. The third-order valence-electron chi connectivity index (χ3n) is 5.15. The summed E-state index contributed by atoms with van der Waals surface area (Å²) < 4.78 is 0. The molecule has 4 nitrogen and oxygen atoms in total. The van der Waals surface area contributed by atoms with Crippen molar-refractivity contribution >= 4 is 35.2 Å². The number of carbonyl (C=O) groups excluding carboxylic acids is 2. The van der Waals surface area contributed by atoms with Gasteiger partial charge in [0, 0.05) is 30.8 Å². The van der Waals surface area contributed by atoms with Gasteiger partial charge in [-0.15, -0.1) is 11.8 Å². The summed E-state index contributed by atoms with van der Waals surface area (Å²) in [5, 5.41) is 3.43. The van der Waals surface area contributed by atoms with Crippen LogP contribution in [0, 0.1) is 0 Å². The largest absolute Gasteiger partial charge is 0.357 e. The van der Waals surface area contributed by atoms with E-state index in [4.69, 9.17) is 11.6 Å². The van der Waals surface area contributed by atoms with Crippen molar-refractivity contribution < 1.29 is 9.59 Å². The minimum absolute atomic E-state index is 0.0737. The molecule has 166 valence electrons. The number of hydrogen-bond acceptors (Lipinski definition) is 3. The lowest BCUT2D eigenvalue weighted by Crippen LogP contribution is -2.50. The lowest BCUT2D eigenvalue weighted by molar-refractivity contribution is -0.139. The maximum atomic E-state index is 13.4. The quantitative estimate of drug-likeness (QED) is 0.459. The molecule has 0 saturated carbocycles. The van der Waals surface area contributed by atoms with E-state index in [-0.39, 0.29) is 17.6 Å². The molecule has 0 bridgehead atoms. The molecule has 0 heterocycles. The van der Waals surface area contributed by atoms with Crippen molar-refractivity contribution in [3.05, 3.63) is 107 Å². The van der Waals surface area contributed by atoms with Crippen molar-refractivity contribution in [1.82, 2.24) is 10.2 Å². The second-order valence-corrected chi connectivity index (χ2v) is 8.80. The Labute approximate surface area is 199 Å². The topological polar surface area (TPSA) is 49.4 Å². The molecule has 3 aromatic rings. The van der Waals surface area contributed by atoms with E-state index in [1.165, 1.54) is 11.8 Å². The van der Waals surface area contributed by atoms with Crippen LogP contribution in [0.3, 0.4) is 0 Å². The lowest BCUT2D eigenvalue weighted by Gasteiger charge is -2.31. The summed E-state index contributed by atoms with van der Waals surface area (Å²) in [7, 11) is 1.61. The summed E-state index contributed by atoms with van der Waals surface area (Å²) in [5.41, 5.74) is 2.99. The monoisotopic (exact) mass is 466 g/mol. The molecular weight excluding hydrogens is 440 g/mol. The molecule has 0 spiro atoms. The number of halogens is 1. The van der Waals surface area contributed by atoms with Gasteiger partial charge in [-0.3, -0.25) is 9.59 Å². The summed E-state index contributed by atoms with van der Waals surface area (Å²) in [5.74, 6) is 0.651. The Bertz CT molecular complexity index is 1010. The van der Waals surface area contributed by atoms with Crippen LogP contribution < -0.4 is 5.32 Å². The van der Waals surface area contributed by atoms with Gasteiger partial charge in [-0.2, -0.15) is 0 Å². The first-order valence-electron chi connectivity index (χ1n) is 10.5. The van der Waals surface area contributed by atoms with E-state index in [2.05, 4.69) is 5.32 Å². The maximum absolute atomic E-state index is 13.4. The Morgan fingerprint density at radius 3 is 2.12 bits per heavy atom. The van der Waals surface area contributed by atoms with Gasteiger partial charge in [0.25, 0.3) is 0 Å². The number of carbonyl (C=O) groups is 2. The van der Waals surface area contributed by atoms with Crippen LogP contribution in [0.2, 0.25) is 5.02 Å². The van der Waals surface area contributed by atoms with Crippen molar-refractivity contribution in [1.29, 1.82) is 0 Å². The fraction of sp³-hybridized carbons (Fsp3) is 0.231. The number of thioether (sulfide) groups is 1. The molecule has 1 atom stereocenters. The van der Waals surface area contributed by atoms with Gasteiger partial charge in [0.1, 0.15) is 6.04 Å². The molecule has 1 N–H and O–H groups in total. The molecule has 0 fully saturated rings.